The summed E-state index contributed by atoms with van der Waals surface area (Å²) in [5, 5.41) is 3.08. The van der Waals surface area contributed by atoms with E-state index in [-0.39, 0.29) is 5.78 Å². The minimum absolute atomic E-state index is 0.265. The zero-order valence-corrected chi connectivity index (χ0v) is 8.22. The Balaban J connectivity index is 3.22. The molecule has 0 saturated heterocycles. The molecular formula is C9H19NO2. The van der Waals surface area contributed by atoms with Gasteiger partial charge in [0.1, 0.15) is 5.78 Å². The fourth-order valence-electron chi connectivity index (χ4n) is 0.820. The minimum atomic E-state index is 0.265. The van der Waals surface area contributed by atoms with Gasteiger partial charge in [-0.3, -0.25) is 4.79 Å². The van der Waals surface area contributed by atoms with Crippen molar-refractivity contribution in [3.05, 3.63) is 0 Å². The summed E-state index contributed by atoms with van der Waals surface area (Å²) in [6.07, 6.45) is 1.45. The Morgan fingerprint density at radius 2 is 2.17 bits per heavy atom. The van der Waals surface area contributed by atoms with Crippen molar-refractivity contribution < 1.29 is 9.53 Å². The van der Waals surface area contributed by atoms with Crippen LogP contribution in [-0.4, -0.2) is 32.1 Å². The van der Waals surface area contributed by atoms with Gasteiger partial charge in [0.25, 0.3) is 0 Å². The molecule has 3 nitrogen and oxygen atoms in total. The fourth-order valence-corrected chi connectivity index (χ4v) is 0.820. The summed E-state index contributed by atoms with van der Waals surface area (Å²) in [5.74, 6) is 0.265. The second-order valence-electron chi connectivity index (χ2n) is 3.17. The minimum Gasteiger partial charge on any atom is -0.385 e. The van der Waals surface area contributed by atoms with E-state index in [2.05, 4.69) is 5.32 Å². The first-order valence-electron chi connectivity index (χ1n) is 4.41. The van der Waals surface area contributed by atoms with Gasteiger partial charge in [0.05, 0.1) is 6.54 Å². The van der Waals surface area contributed by atoms with Crippen molar-refractivity contribution in [3.63, 3.8) is 0 Å². The van der Waals surface area contributed by atoms with Crippen molar-refractivity contribution in [3.8, 4) is 0 Å². The molecule has 0 aliphatic heterocycles. The SMILES string of the molecule is COCCCC(=O)CNC(C)C. The van der Waals surface area contributed by atoms with Crippen LogP contribution in [0.15, 0.2) is 0 Å². The Hall–Kier alpha value is -0.410. The van der Waals surface area contributed by atoms with E-state index in [0.29, 0.717) is 25.6 Å². The maximum absolute atomic E-state index is 11.1. The molecule has 12 heavy (non-hydrogen) atoms. The van der Waals surface area contributed by atoms with Crippen LogP contribution >= 0.6 is 0 Å². The quantitative estimate of drug-likeness (QED) is 0.583. The Morgan fingerprint density at radius 3 is 2.67 bits per heavy atom. The van der Waals surface area contributed by atoms with E-state index in [1.807, 2.05) is 13.8 Å². The Bertz CT molecular complexity index is 124. The first kappa shape index (κ1) is 11.6. The molecule has 0 unspecified atom stereocenters. The van der Waals surface area contributed by atoms with Crippen molar-refractivity contribution in [2.24, 2.45) is 0 Å². The van der Waals surface area contributed by atoms with E-state index in [1.165, 1.54) is 0 Å². The number of ether oxygens (including phenoxy) is 1. The van der Waals surface area contributed by atoms with Crippen LogP contribution in [-0.2, 0) is 9.53 Å². The van der Waals surface area contributed by atoms with Gasteiger partial charge >= 0.3 is 0 Å². The van der Waals surface area contributed by atoms with Crippen LogP contribution in [0.2, 0.25) is 0 Å². The highest BCUT2D eigenvalue weighted by Gasteiger charge is 2.01. The fraction of sp³-hybridized carbons (Fsp3) is 0.889. The molecule has 0 bridgehead atoms. The van der Waals surface area contributed by atoms with Gasteiger partial charge in [-0.2, -0.15) is 0 Å². The standard InChI is InChI=1S/C9H19NO2/c1-8(2)10-7-9(11)5-4-6-12-3/h8,10H,4-7H2,1-3H3. The van der Waals surface area contributed by atoms with Crippen LogP contribution in [0.3, 0.4) is 0 Å². The Kier molecular flexibility index (Phi) is 7.00. The topological polar surface area (TPSA) is 38.3 Å². The molecule has 1 N–H and O–H groups in total. The number of rotatable bonds is 7. The largest absolute Gasteiger partial charge is 0.385 e. The van der Waals surface area contributed by atoms with E-state index in [4.69, 9.17) is 4.74 Å². The van der Waals surface area contributed by atoms with Gasteiger partial charge in [-0.1, -0.05) is 13.8 Å². The predicted molar refractivity (Wildman–Crippen MR) is 49.3 cm³/mol. The third-order valence-electron chi connectivity index (χ3n) is 1.51. The van der Waals surface area contributed by atoms with Crippen LogP contribution in [0.5, 0.6) is 0 Å². The molecule has 0 heterocycles. The summed E-state index contributed by atoms with van der Waals surface area (Å²) in [6, 6.07) is 0.386. The zero-order chi connectivity index (χ0) is 9.40. The van der Waals surface area contributed by atoms with Gasteiger partial charge in [0.2, 0.25) is 0 Å². The van der Waals surface area contributed by atoms with E-state index in [9.17, 15) is 4.79 Å². The average molecular weight is 173 g/mol. The van der Waals surface area contributed by atoms with E-state index in [0.717, 1.165) is 6.42 Å². The number of Topliss-reactive ketones (excluding diaryl/α,β-unsaturated/α-hetero) is 1. The van der Waals surface area contributed by atoms with E-state index >= 15 is 0 Å². The van der Waals surface area contributed by atoms with Crippen LogP contribution in [0.4, 0.5) is 0 Å². The maximum atomic E-state index is 11.1. The van der Waals surface area contributed by atoms with Gasteiger partial charge < -0.3 is 10.1 Å². The normalized spacial score (nSPS) is 10.7. The molecule has 0 aromatic rings. The summed E-state index contributed by atoms with van der Waals surface area (Å²) in [4.78, 5) is 11.1. The molecule has 0 fully saturated rings. The van der Waals surface area contributed by atoms with Crippen molar-refractivity contribution in [1.82, 2.24) is 5.32 Å². The van der Waals surface area contributed by atoms with Crippen LogP contribution in [0.25, 0.3) is 0 Å². The molecule has 72 valence electrons. The van der Waals surface area contributed by atoms with Gasteiger partial charge in [-0.15, -0.1) is 0 Å². The van der Waals surface area contributed by atoms with Gasteiger partial charge in [0, 0.05) is 26.2 Å². The number of methoxy groups -OCH3 is 1. The predicted octanol–water partition coefficient (Wildman–Crippen LogP) is 0.980. The highest BCUT2D eigenvalue weighted by atomic mass is 16.5. The molecule has 0 aliphatic rings. The lowest BCUT2D eigenvalue weighted by molar-refractivity contribution is -0.118. The van der Waals surface area contributed by atoms with Crippen LogP contribution in [0.1, 0.15) is 26.7 Å². The lowest BCUT2D eigenvalue weighted by Gasteiger charge is -2.06. The lowest BCUT2D eigenvalue weighted by atomic mass is 10.2. The second kappa shape index (κ2) is 7.25. The number of ketones is 1. The highest BCUT2D eigenvalue weighted by molar-refractivity contribution is 5.80. The summed E-state index contributed by atoms with van der Waals surface area (Å²) in [7, 11) is 1.65. The molecule has 0 rings (SSSR count). The molecule has 0 aromatic heterocycles. The number of carbonyl (C=O) groups excluding carboxylic acids is 1. The number of hydrogen-bond acceptors (Lipinski definition) is 3. The zero-order valence-electron chi connectivity index (χ0n) is 8.22. The number of hydrogen-bond donors (Lipinski definition) is 1. The molecule has 0 radical (unpaired) electrons. The van der Waals surface area contributed by atoms with Gasteiger partial charge in [-0.25, -0.2) is 0 Å². The molecule has 0 aromatic carbocycles. The monoisotopic (exact) mass is 173 g/mol. The van der Waals surface area contributed by atoms with Gasteiger partial charge in [-0.05, 0) is 6.42 Å². The molecule has 0 atom stereocenters. The smallest absolute Gasteiger partial charge is 0.146 e. The van der Waals surface area contributed by atoms with Gasteiger partial charge in [0.15, 0.2) is 0 Å². The van der Waals surface area contributed by atoms with Crippen molar-refractivity contribution in [2.75, 3.05) is 20.3 Å². The first-order chi connectivity index (χ1) is 5.66. The van der Waals surface area contributed by atoms with Crippen LogP contribution < -0.4 is 5.32 Å². The summed E-state index contributed by atoms with van der Waals surface area (Å²) >= 11 is 0. The van der Waals surface area contributed by atoms with E-state index in [1.54, 1.807) is 7.11 Å². The first-order valence-corrected chi connectivity index (χ1v) is 4.41. The molecule has 0 spiro atoms. The lowest BCUT2D eigenvalue weighted by Crippen LogP contribution is -2.29. The van der Waals surface area contributed by atoms with Crippen molar-refractivity contribution >= 4 is 5.78 Å². The van der Waals surface area contributed by atoms with Crippen molar-refractivity contribution in [2.45, 2.75) is 32.7 Å². The summed E-state index contributed by atoms with van der Waals surface area (Å²) in [6.45, 7) is 5.22. The molecule has 3 heteroatoms. The molecule has 0 saturated carbocycles. The molecule has 0 amide bonds. The van der Waals surface area contributed by atoms with Crippen molar-refractivity contribution in [1.29, 1.82) is 0 Å². The van der Waals surface area contributed by atoms with Crippen LogP contribution in [0, 0.1) is 0 Å². The van der Waals surface area contributed by atoms with E-state index < -0.39 is 0 Å². The summed E-state index contributed by atoms with van der Waals surface area (Å²) < 4.78 is 4.85. The summed E-state index contributed by atoms with van der Waals surface area (Å²) in [5.41, 5.74) is 0. The Morgan fingerprint density at radius 1 is 1.50 bits per heavy atom. The third-order valence-corrected chi connectivity index (χ3v) is 1.51. The second-order valence-corrected chi connectivity index (χ2v) is 3.17. The highest BCUT2D eigenvalue weighted by Crippen LogP contribution is 1.90. The maximum Gasteiger partial charge on any atom is 0.146 e. The number of carbonyl (C=O) groups is 1. The number of nitrogens with one attached hydrogen (secondary N) is 1. The Labute approximate surface area is 74.5 Å². The molecule has 0 aliphatic carbocycles. The average Bonchev–Trinajstić information content (AvgIpc) is 2.01. The third kappa shape index (κ3) is 7.69. The molecular weight excluding hydrogens is 154 g/mol.